The first kappa shape index (κ1) is 19.0. The Balaban J connectivity index is 2.53. The van der Waals surface area contributed by atoms with E-state index in [-0.39, 0.29) is 17.7 Å². The summed E-state index contributed by atoms with van der Waals surface area (Å²) in [7, 11) is 0. The largest absolute Gasteiger partial charge is 0.466 e. The Bertz CT molecular complexity index is 671. The van der Waals surface area contributed by atoms with Crippen molar-refractivity contribution in [2.45, 2.75) is 25.1 Å². The van der Waals surface area contributed by atoms with Gasteiger partial charge in [-0.25, -0.2) is 0 Å². The fraction of sp³-hybridized carbons (Fsp3) is 0.316. The zero-order chi connectivity index (χ0) is 18.4. The summed E-state index contributed by atoms with van der Waals surface area (Å²) in [5.74, 6) is -5.06. The van der Waals surface area contributed by atoms with Gasteiger partial charge in [-0.2, -0.15) is 13.2 Å². The molecular formula is C19H19F3O3. The average molecular weight is 352 g/mol. The van der Waals surface area contributed by atoms with Gasteiger partial charge in [0.15, 0.2) is 0 Å². The number of hydrogen-bond donors (Lipinski definition) is 1. The van der Waals surface area contributed by atoms with Crippen LogP contribution in [-0.4, -0.2) is 23.9 Å². The minimum Gasteiger partial charge on any atom is -0.466 e. The van der Waals surface area contributed by atoms with Gasteiger partial charge in [-0.15, -0.1) is 0 Å². The predicted octanol–water partition coefficient (Wildman–Crippen LogP) is 4.25. The highest BCUT2D eigenvalue weighted by molar-refractivity contribution is 5.75. The lowest BCUT2D eigenvalue weighted by Crippen LogP contribution is -2.38. The number of rotatable bonds is 6. The Morgan fingerprint density at radius 1 is 1.00 bits per heavy atom. The summed E-state index contributed by atoms with van der Waals surface area (Å²) in [6, 6.07) is 14.9. The number of ether oxygens (including phenoxy) is 1. The van der Waals surface area contributed by atoms with Gasteiger partial charge in [0.25, 0.3) is 0 Å². The van der Waals surface area contributed by atoms with E-state index < -0.39 is 30.1 Å². The highest BCUT2D eigenvalue weighted by Gasteiger charge is 2.51. The molecular weight excluding hydrogens is 333 g/mol. The maximum atomic E-state index is 13.8. The third-order valence-corrected chi connectivity index (χ3v) is 3.91. The van der Waals surface area contributed by atoms with Crippen molar-refractivity contribution in [2.75, 3.05) is 6.61 Å². The molecule has 0 saturated heterocycles. The van der Waals surface area contributed by atoms with Crippen LogP contribution in [0.3, 0.4) is 0 Å². The molecule has 134 valence electrons. The van der Waals surface area contributed by atoms with Crippen LogP contribution in [0.15, 0.2) is 60.7 Å². The molecule has 0 saturated carbocycles. The van der Waals surface area contributed by atoms with Crippen LogP contribution < -0.4 is 0 Å². The molecule has 2 aromatic carbocycles. The van der Waals surface area contributed by atoms with Crippen LogP contribution in [0.25, 0.3) is 0 Å². The molecule has 0 bridgehead atoms. The molecule has 0 radical (unpaired) electrons. The van der Waals surface area contributed by atoms with E-state index in [1.54, 1.807) is 24.3 Å². The van der Waals surface area contributed by atoms with Gasteiger partial charge < -0.3 is 9.84 Å². The molecule has 3 atom stereocenters. The standard InChI is InChI=1S/C19H19F3O3/c1-2-25-18(24)15(17(23)14-11-7-4-8-12-14)16(19(20,21)22)13-9-5-3-6-10-13/h3-12,15-17,23H,2H2,1H3/t15-,16+,17+/m0/s1. The first-order valence-electron chi connectivity index (χ1n) is 7.87. The Morgan fingerprint density at radius 3 is 1.92 bits per heavy atom. The van der Waals surface area contributed by atoms with E-state index in [1.165, 1.54) is 43.3 Å². The van der Waals surface area contributed by atoms with Gasteiger partial charge in [0.2, 0.25) is 0 Å². The second kappa shape index (κ2) is 8.16. The normalized spacial score (nSPS) is 15.2. The van der Waals surface area contributed by atoms with Crippen molar-refractivity contribution >= 4 is 5.97 Å². The highest BCUT2D eigenvalue weighted by atomic mass is 19.4. The Morgan fingerprint density at radius 2 is 1.48 bits per heavy atom. The topological polar surface area (TPSA) is 46.5 Å². The molecule has 0 spiro atoms. The first-order valence-corrected chi connectivity index (χ1v) is 7.87. The number of carbonyl (C=O) groups excluding carboxylic acids is 1. The van der Waals surface area contributed by atoms with Gasteiger partial charge in [0.1, 0.15) is 5.92 Å². The van der Waals surface area contributed by atoms with Crippen molar-refractivity contribution in [1.29, 1.82) is 0 Å². The fourth-order valence-corrected chi connectivity index (χ4v) is 2.80. The first-order chi connectivity index (χ1) is 11.9. The van der Waals surface area contributed by atoms with Gasteiger partial charge in [-0.3, -0.25) is 4.79 Å². The van der Waals surface area contributed by atoms with Gasteiger partial charge >= 0.3 is 12.1 Å². The molecule has 0 aliphatic heterocycles. The zero-order valence-corrected chi connectivity index (χ0v) is 13.6. The molecule has 6 heteroatoms. The number of carbonyl (C=O) groups is 1. The Hall–Kier alpha value is -2.34. The zero-order valence-electron chi connectivity index (χ0n) is 13.6. The van der Waals surface area contributed by atoms with E-state index in [2.05, 4.69) is 0 Å². The summed E-state index contributed by atoms with van der Waals surface area (Å²) in [6.45, 7) is 1.44. The maximum absolute atomic E-state index is 13.8. The minimum atomic E-state index is -4.73. The number of benzene rings is 2. The monoisotopic (exact) mass is 352 g/mol. The molecule has 0 aromatic heterocycles. The van der Waals surface area contributed by atoms with Crippen LogP contribution in [0, 0.1) is 5.92 Å². The van der Waals surface area contributed by atoms with Crippen molar-refractivity contribution < 1.29 is 27.8 Å². The lowest BCUT2D eigenvalue weighted by molar-refractivity contribution is -0.187. The summed E-state index contributed by atoms with van der Waals surface area (Å²) in [5, 5.41) is 10.6. The fourth-order valence-electron chi connectivity index (χ4n) is 2.80. The smallest absolute Gasteiger partial charge is 0.396 e. The molecule has 0 amide bonds. The van der Waals surface area contributed by atoms with Crippen LogP contribution in [0.4, 0.5) is 13.2 Å². The minimum absolute atomic E-state index is 0.0732. The van der Waals surface area contributed by atoms with Gasteiger partial charge in [-0.05, 0) is 18.1 Å². The molecule has 0 aliphatic carbocycles. The molecule has 2 aromatic rings. The quantitative estimate of drug-likeness (QED) is 0.791. The number of aliphatic hydroxyl groups is 1. The average Bonchev–Trinajstić information content (AvgIpc) is 2.59. The van der Waals surface area contributed by atoms with E-state index in [4.69, 9.17) is 4.74 Å². The Labute approximate surface area is 144 Å². The Kier molecular flexibility index (Phi) is 6.20. The van der Waals surface area contributed by atoms with Crippen molar-refractivity contribution in [3.8, 4) is 0 Å². The lowest BCUT2D eigenvalue weighted by atomic mass is 9.79. The molecule has 2 rings (SSSR count). The van der Waals surface area contributed by atoms with Crippen molar-refractivity contribution in [3.63, 3.8) is 0 Å². The number of alkyl halides is 3. The van der Waals surface area contributed by atoms with Crippen molar-refractivity contribution in [2.24, 2.45) is 5.92 Å². The number of aliphatic hydroxyl groups excluding tert-OH is 1. The van der Waals surface area contributed by atoms with Crippen molar-refractivity contribution in [1.82, 2.24) is 0 Å². The van der Waals surface area contributed by atoms with E-state index in [0.717, 1.165) is 0 Å². The van der Waals surface area contributed by atoms with Crippen LogP contribution in [0.2, 0.25) is 0 Å². The number of halogens is 3. The lowest BCUT2D eigenvalue weighted by Gasteiger charge is -2.31. The van der Waals surface area contributed by atoms with E-state index >= 15 is 0 Å². The summed E-state index contributed by atoms with van der Waals surface area (Å²) < 4.78 is 46.3. The molecule has 3 nitrogen and oxygen atoms in total. The third kappa shape index (κ3) is 4.60. The highest BCUT2D eigenvalue weighted by Crippen LogP contribution is 2.45. The third-order valence-electron chi connectivity index (χ3n) is 3.91. The summed E-state index contributed by atoms with van der Waals surface area (Å²) in [4.78, 5) is 12.3. The molecule has 0 aliphatic rings. The predicted molar refractivity (Wildman–Crippen MR) is 86.8 cm³/mol. The second-order valence-electron chi connectivity index (χ2n) is 5.56. The number of hydrogen-bond acceptors (Lipinski definition) is 3. The van der Waals surface area contributed by atoms with Crippen LogP contribution >= 0.6 is 0 Å². The number of esters is 1. The summed E-state index contributed by atoms with van der Waals surface area (Å²) in [6.07, 6.45) is -6.37. The van der Waals surface area contributed by atoms with Gasteiger partial charge in [0, 0.05) is 0 Å². The van der Waals surface area contributed by atoms with E-state index in [0.29, 0.717) is 0 Å². The van der Waals surface area contributed by atoms with Crippen LogP contribution in [0.5, 0.6) is 0 Å². The SMILES string of the molecule is CCOC(=O)[C@H]([C@H](O)c1ccccc1)[C@@H](c1ccccc1)C(F)(F)F. The molecule has 25 heavy (non-hydrogen) atoms. The molecule has 0 fully saturated rings. The van der Waals surface area contributed by atoms with Gasteiger partial charge in [-0.1, -0.05) is 60.7 Å². The van der Waals surface area contributed by atoms with E-state index in [1.807, 2.05) is 0 Å². The van der Waals surface area contributed by atoms with Crippen molar-refractivity contribution in [3.05, 3.63) is 71.8 Å². The molecule has 0 unspecified atom stereocenters. The van der Waals surface area contributed by atoms with Gasteiger partial charge in [0.05, 0.1) is 18.6 Å². The van der Waals surface area contributed by atoms with Crippen LogP contribution in [-0.2, 0) is 9.53 Å². The summed E-state index contributed by atoms with van der Waals surface area (Å²) >= 11 is 0. The molecule has 1 N–H and O–H groups in total. The van der Waals surface area contributed by atoms with E-state index in [9.17, 15) is 23.1 Å². The second-order valence-corrected chi connectivity index (χ2v) is 5.56. The summed E-state index contributed by atoms with van der Waals surface area (Å²) in [5.41, 5.74) is 0.133. The van der Waals surface area contributed by atoms with Crippen LogP contribution in [0.1, 0.15) is 30.1 Å². The maximum Gasteiger partial charge on any atom is 0.396 e. The molecule has 0 heterocycles.